The average molecular weight is 219 g/mol. The van der Waals surface area contributed by atoms with Gasteiger partial charge < -0.3 is 10.6 Å². The lowest BCUT2D eigenvalue weighted by Crippen LogP contribution is -2.36. The van der Waals surface area contributed by atoms with E-state index >= 15 is 0 Å². The van der Waals surface area contributed by atoms with Crippen LogP contribution in [0.4, 0.5) is 5.82 Å². The molecule has 2 N–H and O–H groups in total. The van der Waals surface area contributed by atoms with Gasteiger partial charge in [-0.3, -0.25) is 4.79 Å². The number of pyridine rings is 1. The predicted octanol–water partition coefficient (Wildman–Crippen LogP) is 1.39. The first-order valence-electron chi connectivity index (χ1n) is 5.64. The Morgan fingerprint density at radius 2 is 2.19 bits per heavy atom. The summed E-state index contributed by atoms with van der Waals surface area (Å²) in [5.41, 5.74) is 6.91. The number of nitrogen functional groups attached to an aromatic ring is 1. The zero-order chi connectivity index (χ0) is 11.5. The number of aromatic nitrogens is 1. The Hall–Kier alpha value is -1.58. The summed E-state index contributed by atoms with van der Waals surface area (Å²) in [7, 11) is 0. The van der Waals surface area contributed by atoms with Gasteiger partial charge in [0.1, 0.15) is 5.82 Å². The van der Waals surface area contributed by atoms with Gasteiger partial charge in [-0.15, -0.1) is 0 Å². The highest BCUT2D eigenvalue weighted by Gasteiger charge is 2.21. The van der Waals surface area contributed by atoms with Gasteiger partial charge >= 0.3 is 0 Å². The Bertz CT molecular complexity index is 384. The van der Waals surface area contributed by atoms with E-state index in [2.05, 4.69) is 4.98 Å². The minimum absolute atomic E-state index is 0.174. The molecule has 0 bridgehead atoms. The maximum absolute atomic E-state index is 11.2. The Morgan fingerprint density at radius 3 is 2.75 bits per heavy atom. The van der Waals surface area contributed by atoms with E-state index in [1.165, 1.54) is 5.56 Å². The molecule has 86 valence electrons. The third-order valence-corrected chi connectivity index (χ3v) is 3.22. The van der Waals surface area contributed by atoms with Crippen molar-refractivity contribution in [1.82, 2.24) is 9.88 Å². The van der Waals surface area contributed by atoms with Gasteiger partial charge in [0.25, 0.3) is 0 Å². The predicted molar refractivity (Wildman–Crippen MR) is 62.9 cm³/mol. The van der Waals surface area contributed by atoms with Crippen LogP contribution in [0, 0.1) is 0 Å². The smallest absolute Gasteiger partial charge is 0.219 e. The van der Waals surface area contributed by atoms with Crippen molar-refractivity contribution in [2.75, 3.05) is 18.8 Å². The Balaban J connectivity index is 2.01. The largest absolute Gasteiger partial charge is 0.384 e. The molecule has 1 aromatic rings. The van der Waals surface area contributed by atoms with Crippen molar-refractivity contribution in [3.63, 3.8) is 0 Å². The standard InChI is InChI=1S/C12H17N3O/c1-9(16)15-6-3-10(4-7-15)11-2-5-14-12(13)8-11/h2,5,8,10H,3-4,6-7H2,1H3,(H2,13,14). The van der Waals surface area contributed by atoms with Crippen LogP contribution in [-0.4, -0.2) is 28.9 Å². The molecule has 0 saturated carbocycles. The number of rotatable bonds is 1. The van der Waals surface area contributed by atoms with E-state index in [-0.39, 0.29) is 5.91 Å². The zero-order valence-corrected chi connectivity index (χ0v) is 9.52. The highest BCUT2D eigenvalue weighted by Crippen LogP contribution is 2.28. The fourth-order valence-electron chi connectivity index (χ4n) is 2.25. The summed E-state index contributed by atoms with van der Waals surface area (Å²) in [6.07, 6.45) is 3.79. The van der Waals surface area contributed by atoms with Gasteiger partial charge in [0.2, 0.25) is 5.91 Å². The SMILES string of the molecule is CC(=O)N1CCC(c2ccnc(N)c2)CC1. The average Bonchev–Trinajstić information content (AvgIpc) is 2.29. The molecule has 1 aliphatic rings. The first-order chi connectivity index (χ1) is 7.66. The number of likely N-dealkylation sites (tertiary alicyclic amines) is 1. The fraction of sp³-hybridized carbons (Fsp3) is 0.500. The van der Waals surface area contributed by atoms with E-state index in [9.17, 15) is 4.79 Å². The monoisotopic (exact) mass is 219 g/mol. The molecule has 16 heavy (non-hydrogen) atoms. The molecular weight excluding hydrogens is 202 g/mol. The molecule has 0 spiro atoms. The molecule has 4 nitrogen and oxygen atoms in total. The van der Waals surface area contributed by atoms with Crippen LogP contribution < -0.4 is 5.73 Å². The number of piperidine rings is 1. The maximum atomic E-state index is 11.2. The number of hydrogen-bond acceptors (Lipinski definition) is 3. The summed E-state index contributed by atoms with van der Waals surface area (Å²) in [4.78, 5) is 17.1. The van der Waals surface area contributed by atoms with Gasteiger partial charge in [0.15, 0.2) is 0 Å². The quantitative estimate of drug-likeness (QED) is 0.776. The number of anilines is 1. The van der Waals surface area contributed by atoms with Crippen LogP contribution >= 0.6 is 0 Å². The number of nitrogens with zero attached hydrogens (tertiary/aromatic N) is 2. The van der Waals surface area contributed by atoms with Crippen molar-refractivity contribution >= 4 is 11.7 Å². The van der Waals surface area contributed by atoms with E-state index in [4.69, 9.17) is 5.73 Å². The van der Waals surface area contributed by atoms with Crippen molar-refractivity contribution in [2.45, 2.75) is 25.7 Å². The van der Waals surface area contributed by atoms with Crippen molar-refractivity contribution in [3.8, 4) is 0 Å². The number of hydrogen-bond donors (Lipinski definition) is 1. The first-order valence-corrected chi connectivity index (χ1v) is 5.64. The Labute approximate surface area is 95.5 Å². The van der Waals surface area contributed by atoms with Gasteiger partial charge in [0, 0.05) is 26.2 Å². The van der Waals surface area contributed by atoms with Gasteiger partial charge in [-0.05, 0) is 36.5 Å². The molecule has 1 amide bonds. The molecule has 4 heteroatoms. The third kappa shape index (κ3) is 2.32. The fourth-order valence-corrected chi connectivity index (χ4v) is 2.25. The lowest BCUT2D eigenvalue weighted by molar-refractivity contribution is -0.129. The number of nitrogens with two attached hydrogens (primary N) is 1. The normalized spacial score (nSPS) is 17.4. The Kier molecular flexibility index (Phi) is 3.08. The molecule has 0 atom stereocenters. The third-order valence-electron chi connectivity index (χ3n) is 3.22. The van der Waals surface area contributed by atoms with Crippen molar-refractivity contribution in [2.24, 2.45) is 0 Å². The van der Waals surface area contributed by atoms with E-state index in [0.717, 1.165) is 25.9 Å². The molecule has 0 unspecified atom stereocenters. The molecule has 1 saturated heterocycles. The van der Waals surface area contributed by atoms with E-state index < -0.39 is 0 Å². The molecule has 0 aromatic carbocycles. The number of carbonyl (C=O) groups is 1. The second kappa shape index (κ2) is 4.51. The number of amides is 1. The van der Waals surface area contributed by atoms with E-state index in [1.807, 2.05) is 17.0 Å². The molecular formula is C12H17N3O. The summed E-state index contributed by atoms with van der Waals surface area (Å²) in [6.45, 7) is 3.33. The Morgan fingerprint density at radius 1 is 1.50 bits per heavy atom. The summed E-state index contributed by atoms with van der Waals surface area (Å²) in [5, 5.41) is 0. The molecule has 1 aromatic heterocycles. The maximum Gasteiger partial charge on any atom is 0.219 e. The second-order valence-corrected chi connectivity index (χ2v) is 4.29. The summed E-state index contributed by atoms with van der Waals surface area (Å²) >= 11 is 0. The van der Waals surface area contributed by atoms with Crippen LogP contribution in [-0.2, 0) is 4.79 Å². The van der Waals surface area contributed by atoms with E-state index in [1.54, 1.807) is 13.1 Å². The molecule has 0 aliphatic carbocycles. The van der Waals surface area contributed by atoms with Crippen molar-refractivity contribution in [3.05, 3.63) is 23.9 Å². The lowest BCUT2D eigenvalue weighted by Gasteiger charge is -2.31. The molecule has 0 radical (unpaired) electrons. The van der Waals surface area contributed by atoms with Gasteiger partial charge in [-0.2, -0.15) is 0 Å². The highest BCUT2D eigenvalue weighted by molar-refractivity contribution is 5.73. The topological polar surface area (TPSA) is 59.2 Å². The minimum atomic E-state index is 0.174. The van der Waals surface area contributed by atoms with Crippen LogP contribution in [0.25, 0.3) is 0 Å². The summed E-state index contributed by atoms with van der Waals surface area (Å²) in [6, 6.07) is 3.96. The molecule has 2 rings (SSSR count). The van der Waals surface area contributed by atoms with Crippen LogP contribution in [0.2, 0.25) is 0 Å². The van der Waals surface area contributed by atoms with Crippen molar-refractivity contribution in [1.29, 1.82) is 0 Å². The minimum Gasteiger partial charge on any atom is -0.384 e. The van der Waals surface area contributed by atoms with Gasteiger partial charge in [-0.1, -0.05) is 0 Å². The van der Waals surface area contributed by atoms with Crippen molar-refractivity contribution < 1.29 is 4.79 Å². The second-order valence-electron chi connectivity index (χ2n) is 4.29. The first kappa shape index (κ1) is 10.9. The molecule has 1 fully saturated rings. The van der Waals surface area contributed by atoms with Gasteiger partial charge in [-0.25, -0.2) is 4.98 Å². The van der Waals surface area contributed by atoms with Crippen LogP contribution in [0.5, 0.6) is 0 Å². The molecule has 2 heterocycles. The number of carbonyl (C=O) groups excluding carboxylic acids is 1. The van der Waals surface area contributed by atoms with Crippen LogP contribution in [0.15, 0.2) is 18.3 Å². The van der Waals surface area contributed by atoms with Crippen LogP contribution in [0.1, 0.15) is 31.2 Å². The van der Waals surface area contributed by atoms with E-state index in [0.29, 0.717) is 11.7 Å². The lowest BCUT2D eigenvalue weighted by atomic mass is 9.90. The highest BCUT2D eigenvalue weighted by atomic mass is 16.2. The summed E-state index contributed by atoms with van der Waals surface area (Å²) < 4.78 is 0. The van der Waals surface area contributed by atoms with Gasteiger partial charge in [0.05, 0.1) is 0 Å². The zero-order valence-electron chi connectivity index (χ0n) is 9.52. The van der Waals surface area contributed by atoms with Crippen LogP contribution in [0.3, 0.4) is 0 Å². The summed E-state index contributed by atoms with van der Waals surface area (Å²) in [5.74, 6) is 1.26. The molecule has 1 aliphatic heterocycles.